The largest absolute Gasteiger partial charge is 0.394 e. The zero-order valence-electron chi connectivity index (χ0n) is 12.8. The van der Waals surface area contributed by atoms with Gasteiger partial charge in [0, 0.05) is 7.11 Å². The first-order valence-electron chi connectivity index (χ1n) is 7.32. The van der Waals surface area contributed by atoms with Gasteiger partial charge in [-0.3, -0.25) is 0 Å². The van der Waals surface area contributed by atoms with E-state index in [9.17, 15) is 25.5 Å². The second-order valence-electron chi connectivity index (χ2n) is 5.72. The summed E-state index contributed by atoms with van der Waals surface area (Å²) in [4.78, 5) is 0. The summed E-state index contributed by atoms with van der Waals surface area (Å²) < 4.78 is 20.8. The SMILES string of the molecule is CO[C@@H]1O[C@@H](C)[C@H](O)[C@@H](O[C@@H]2O[C@H](CO)[C@@H](O)[C@H](O)[C@H]2O)[C@H]1O. The summed E-state index contributed by atoms with van der Waals surface area (Å²) in [6.45, 7) is 0.938. The number of aliphatic hydroxyl groups is 6. The Balaban J connectivity index is 2.11. The average molecular weight is 340 g/mol. The van der Waals surface area contributed by atoms with Gasteiger partial charge in [0.05, 0.1) is 12.7 Å². The van der Waals surface area contributed by atoms with Gasteiger partial charge in [-0.05, 0) is 6.92 Å². The molecule has 2 aliphatic rings. The number of aliphatic hydroxyl groups excluding tert-OH is 6. The highest BCUT2D eigenvalue weighted by molar-refractivity contribution is 4.93. The Kier molecular flexibility index (Phi) is 6.30. The van der Waals surface area contributed by atoms with E-state index in [1.54, 1.807) is 6.92 Å². The molecule has 0 amide bonds. The molecule has 136 valence electrons. The van der Waals surface area contributed by atoms with Crippen molar-refractivity contribution in [3.63, 3.8) is 0 Å². The van der Waals surface area contributed by atoms with Crippen LogP contribution in [0.1, 0.15) is 6.92 Å². The lowest BCUT2D eigenvalue weighted by Crippen LogP contribution is -2.64. The molecule has 2 aliphatic heterocycles. The van der Waals surface area contributed by atoms with E-state index in [1.807, 2.05) is 0 Å². The number of hydrogen-bond donors (Lipinski definition) is 6. The van der Waals surface area contributed by atoms with Gasteiger partial charge in [0.1, 0.15) is 42.7 Å². The van der Waals surface area contributed by atoms with Crippen LogP contribution in [0, 0.1) is 0 Å². The van der Waals surface area contributed by atoms with Crippen LogP contribution < -0.4 is 0 Å². The monoisotopic (exact) mass is 340 g/mol. The normalized spacial score (nSPS) is 51.7. The molecule has 2 rings (SSSR count). The molecule has 0 aromatic heterocycles. The molecule has 0 spiro atoms. The molecule has 2 fully saturated rings. The molecule has 0 aliphatic carbocycles. The van der Waals surface area contributed by atoms with Gasteiger partial charge in [0.25, 0.3) is 0 Å². The summed E-state index contributed by atoms with van der Waals surface area (Å²) in [5.74, 6) is 0. The van der Waals surface area contributed by atoms with E-state index < -0.39 is 68.0 Å². The molecular formula is C13H24O10. The van der Waals surface area contributed by atoms with E-state index in [2.05, 4.69) is 0 Å². The van der Waals surface area contributed by atoms with Crippen molar-refractivity contribution in [2.75, 3.05) is 13.7 Å². The molecule has 10 atom stereocenters. The zero-order valence-corrected chi connectivity index (χ0v) is 12.8. The van der Waals surface area contributed by atoms with Crippen LogP contribution in [-0.4, -0.2) is 106 Å². The smallest absolute Gasteiger partial charge is 0.187 e. The van der Waals surface area contributed by atoms with Crippen LogP contribution in [0.3, 0.4) is 0 Å². The number of hydrogen-bond acceptors (Lipinski definition) is 10. The predicted octanol–water partition coefficient (Wildman–Crippen LogP) is -3.72. The standard InChI is InChI=1S/C13H24O10/c1-4-6(15)11(10(19)12(20-2)21-4)23-13-9(18)8(17)7(16)5(3-14)22-13/h4-19H,3H2,1-2H3/t4-,5+,6-,7+,8-,9+,10+,11+,12+,13-/m0/s1. The molecular weight excluding hydrogens is 316 g/mol. The summed E-state index contributed by atoms with van der Waals surface area (Å²) in [6, 6.07) is 0. The number of ether oxygens (including phenoxy) is 4. The number of rotatable bonds is 4. The maximum absolute atomic E-state index is 10.1. The first-order valence-corrected chi connectivity index (χ1v) is 7.32. The van der Waals surface area contributed by atoms with Crippen molar-refractivity contribution in [3.8, 4) is 0 Å². The first kappa shape index (κ1) is 18.9. The Morgan fingerprint density at radius 3 is 2.04 bits per heavy atom. The van der Waals surface area contributed by atoms with Crippen LogP contribution in [0.15, 0.2) is 0 Å². The summed E-state index contributed by atoms with van der Waals surface area (Å²) in [5.41, 5.74) is 0. The van der Waals surface area contributed by atoms with Crippen molar-refractivity contribution in [2.45, 2.75) is 68.3 Å². The van der Waals surface area contributed by atoms with Crippen LogP contribution in [0.4, 0.5) is 0 Å². The van der Waals surface area contributed by atoms with Crippen molar-refractivity contribution in [3.05, 3.63) is 0 Å². The molecule has 0 radical (unpaired) electrons. The Bertz CT molecular complexity index is 380. The third-order valence-electron chi connectivity index (χ3n) is 4.15. The summed E-state index contributed by atoms with van der Waals surface area (Å²) in [7, 11) is 1.31. The third kappa shape index (κ3) is 3.66. The van der Waals surface area contributed by atoms with Crippen molar-refractivity contribution in [1.29, 1.82) is 0 Å². The molecule has 10 nitrogen and oxygen atoms in total. The fourth-order valence-electron chi connectivity index (χ4n) is 2.69. The lowest BCUT2D eigenvalue weighted by atomic mass is 9.97. The van der Waals surface area contributed by atoms with E-state index in [4.69, 9.17) is 24.1 Å². The molecule has 0 bridgehead atoms. The molecule has 0 aromatic rings. The van der Waals surface area contributed by atoms with Gasteiger partial charge in [-0.15, -0.1) is 0 Å². The van der Waals surface area contributed by atoms with Gasteiger partial charge in [-0.1, -0.05) is 0 Å². The van der Waals surface area contributed by atoms with Crippen LogP contribution >= 0.6 is 0 Å². The van der Waals surface area contributed by atoms with Gasteiger partial charge in [-0.25, -0.2) is 0 Å². The van der Waals surface area contributed by atoms with Crippen LogP contribution in [-0.2, 0) is 18.9 Å². The topological polar surface area (TPSA) is 158 Å². The van der Waals surface area contributed by atoms with Crippen molar-refractivity contribution in [1.82, 2.24) is 0 Å². The zero-order chi connectivity index (χ0) is 17.3. The van der Waals surface area contributed by atoms with Crippen molar-refractivity contribution < 1.29 is 49.6 Å². The molecule has 0 unspecified atom stereocenters. The quantitative estimate of drug-likeness (QED) is 0.300. The van der Waals surface area contributed by atoms with Crippen molar-refractivity contribution in [2.24, 2.45) is 0 Å². The Morgan fingerprint density at radius 1 is 0.826 bits per heavy atom. The van der Waals surface area contributed by atoms with Crippen LogP contribution in [0.25, 0.3) is 0 Å². The van der Waals surface area contributed by atoms with E-state index in [1.165, 1.54) is 7.11 Å². The second kappa shape index (κ2) is 7.66. The minimum absolute atomic E-state index is 0.610. The van der Waals surface area contributed by atoms with E-state index in [0.717, 1.165) is 0 Å². The molecule has 23 heavy (non-hydrogen) atoms. The highest BCUT2D eigenvalue weighted by atomic mass is 16.7. The highest BCUT2D eigenvalue weighted by Crippen LogP contribution is 2.29. The molecule has 0 saturated carbocycles. The minimum Gasteiger partial charge on any atom is -0.394 e. The summed E-state index contributed by atoms with van der Waals surface area (Å²) in [6.07, 6.45) is -13.0. The second-order valence-corrected chi connectivity index (χ2v) is 5.72. The molecule has 6 N–H and O–H groups in total. The predicted molar refractivity (Wildman–Crippen MR) is 72.0 cm³/mol. The van der Waals surface area contributed by atoms with E-state index >= 15 is 0 Å². The Labute approximate surface area is 132 Å². The molecule has 10 heteroatoms. The fraction of sp³-hybridized carbons (Fsp3) is 1.00. The number of methoxy groups -OCH3 is 1. The van der Waals surface area contributed by atoms with Gasteiger partial charge >= 0.3 is 0 Å². The summed E-state index contributed by atoms with van der Waals surface area (Å²) in [5, 5.41) is 58.8. The van der Waals surface area contributed by atoms with Crippen molar-refractivity contribution >= 4 is 0 Å². The Hall–Kier alpha value is -0.400. The van der Waals surface area contributed by atoms with Crippen LogP contribution in [0.5, 0.6) is 0 Å². The van der Waals surface area contributed by atoms with Gasteiger partial charge in [-0.2, -0.15) is 0 Å². The highest BCUT2D eigenvalue weighted by Gasteiger charge is 2.49. The lowest BCUT2D eigenvalue weighted by Gasteiger charge is -2.45. The molecule has 0 aromatic carbocycles. The van der Waals surface area contributed by atoms with E-state index in [0.29, 0.717) is 0 Å². The van der Waals surface area contributed by atoms with Gasteiger partial charge in [0.15, 0.2) is 12.6 Å². The van der Waals surface area contributed by atoms with Crippen LogP contribution in [0.2, 0.25) is 0 Å². The fourth-order valence-corrected chi connectivity index (χ4v) is 2.69. The van der Waals surface area contributed by atoms with Gasteiger partial charge in [0.2, 0.25) is 0 Å². The average Bonchev–Trinajstić information content (AvgIpc) is 2.54. The molecule has 2 heterocycles. The lowest BCUT2D eigenvalue weighted by molar-refractivity contribution is -0.355. The maximum Gasteiger partial charge on any atom is 0.187 e. The Morgan fingerprint density at radius 2 is 1.48 bits per heavy atom. The molecule has 2 saturated heterocycles. The summed E-state index contributed by atoms with van der Waals surface area (Å²) >= 11 is 0. The minimum atomic E-state index is -1.63. The maximum atomic E-state index is 10.1. The first-order chi connectivity index (χ1) is 10.8. The third-order valence-corrected chi connectivity index (χ3v) is 4.15. The van der Waals surface area contributed by atoms with E-state index in [-0.39, 0.29) is 0 Å². The van der Waals surface area contributed by atoms with Gasteiger partial charge < -0.3 is 49.6 Å².